The number of hydrogen-bond acceptors (Lipinski definition) is 2. The molecule has 1 saturated heterocycles. The zero-order valence-electron chi connectivity index (χ0n) is 6.35. The van der Waals surface area contributed by atoms with Crippen LogP contribution in [0.15, 0.2) is 0 Å². The Kier molecular flexibility index (Phi) is 1.90. The van der Waals surface area contributed by atoms with Gasteiger partial charge in [-0.3, -0.25) is 4.79 Å². The molecule has 0 aromatic rings. The fourth-order valence-corrected chi connectivity index (χ4v) is 2.48. The maximum absolute atomic E-state index is 10.8. The summed E-state index contributed by atoms with van der Waals surface area (Å²) >= 11 is 5.39. The summed E-state index contributed by atoms with van der Waals surface area (Å²) in [6.07, 6.45) is 4.78. The topological polar surface area (TPSA) is 29.1 Å². The van der Waals surface area contributed by atoms with Crippen LogP contribution in [0.4, 0.5) is 0 Å². The summed E-state index contributed by atoms with van der Waals surface area (Å²) in [6, 6.07) is 0.537. The van der Waals surface area contributed by atoms with Crippen LogP contribution in [-0.4, -0.2) is 17.3 Å². The van der Waals surface area contributed by atoms with E-state index in [-0.39, 0.29) is 11.3 Å². The Bertz CT molecular complexity index is 171. The highest BCUT2D eigenvalue weighted by Crippen LogP contribution is 2.34. The lowest BCUT2D eigenvalue weighted by Gasteiger charge is -2.07. The molecule has 1 heterocycles. The fourth-order valence-electron chi connectivity index (χ4n) is 2.33. The van der Waals surface area contributed by atoms with Crippen LogP contribution >= 0.6 is 11.6 Å². The van der Waals surface area contributed by atoms with Gasteiger partial charge in [-0.15, -0.1) is 0 Å². The van der Waals surface area contributed by atoms with Crippen molar-refractivity contribution in [2.45, 2.75) is 37.8 Å². The summed E-state index contributed by atoms with van der Waals surface area (Å²) in [7, 11) is 0. The maximum Gasteiger partial charge on any atom is 0.238 e. The average molecular weight is 174 g/mol. The van der Waals surface area contributed by atoms with Crippen LogP contribution in [-0.2, 0) is 4.79 Å². The second-order valence-electron chi connectivity index (χ2n) is 3.56. The molecule has 0 amide bonds. The molecule has 0 aromatic carbocycles. The van der Waals surface area contributed by atoms with Gasteiger partial charge in [-0.1, -0.05) is 6.42 Å². The van der Waals surface area contributed by atoms with Crippen LogP contribution in [0.3, 0.4) is 0 Å². The van der Waals surface area contributed by atoms with Gasteiger partial charge in [0.15, 0.2) is 0 Å². The third-order valence-electron chi connectivity index (χ3n) is 2.89. The molecule has 0 aromatic heterocycles. The molecule has 3 heteroatoms. The van der Waals surface area contributed by atoms with E-state index in [2.05, 4.69) is 5.32 Å². The van der Waals surface area contributed by atoms with Crippen LogP contribution in [0, 0.1) is 5.92 Å². The third kappa shape index (κ3) is 1.30. The Labute approximate surface area is 71.3 Å². The van der Waals surface area contributed by atoms with Gasteiger partial charge in [-0.05, 0) is 36.8 Å². The molecule has 3 atom stereocenters. The lowest BCUT2D eigenvalue weighted by atomic mass is 10.0. The largest absolute Gasteiger partial charge is 0.303 e. The highest BCUT2D eigenvalue weighted by atomic mass is 35.5. The quantitative estimate of drug-likeness (QED) is 0.606. The smallest absolute Gasteiger partial charge is 0.238 e. The number of carbonyl (C=O) groups excluding carboxylic acids is 1. The van der Waals surface area contributed by atoms with Crippen molar-refractivity contribution < 1.29 is 4.79 Å². The van der Waals surface area contributed by atoms with Crippen molar-refractivity contribution in [1.29, 1.82) is 0 Å². The molecule has 0 radical (unpaired) electrons. The molecule has 1 aliphatic heterocycles. The number of nitrogens with one attached hydrogen (secondary N) is 1. The predicted molar refractivity (Wildman–Crippen MR) is 43.5 cm³/mol. The summed E-state index contributed by atoms with van der Waals surface area (Å²) in [5.41, 5.74) is 0. The van der Waals surface area contributed by atoms with Crippen LogP contribution in [0.1, 0.15) is 25.7 Å². The van der Waals surface area contributed by atoms with E-state index in [1.165, 1.54) is 19.3 Å². The van der Waals surface area contributed by atoms with Crippen molar-refractivity contribution in [2.75, 3.05) is 0 Å². The molecule has 1 saturated carbocycles. The Morgan fingerprint density at radius 3 is 2.91 bits per heavy atom. The second kappa shape index (κ2) is 2.76. The predicted octanol–water partition coefficient (Wildman–Crippen LogP) is 1.28. The van der Waals surface area contributed by atoms with Gasteiger partial charge >= 0.3 is 0 Å². The Hall–Kier alpha value is -0.0800. The van der Waals surface area contributed by atoms with Crippen molar-refractivity contribution in [3.63, 3.8) is 0 Å². The highest BCUT2D eigenvalue weighted by Gasteiger charge is 2.38. The Morgan fingerprint density at radius 1 is 1.45 bits per heavy atom. The van der Waals surface area contributed by atoms with E-state index < -0.39 is 0 Å². The fraction of sp³-hybridized carbons (Fsp3) is 0.875. The summed E-state index contributed by atoms with van der Waals surface area (Å²) in [5.74, 6) is 0.725. The minimum absolute atomic E-state index is 0.0491. The van der Waals surface area contributed by atoms with E-state index in [1.807, 2.05) is 0 Å². The van der Waals surface area contributed by atoms with Crippen molar-refractivity contribution in [2.24, 2.45) is 5.92 Å². The number of hydrogen-bond donors (Lipinski definition) is 1. The zero-order valence-corrected chi connectivity index (χ0v) is 7.10. The SMILES string of the molecule is O=C(Cl)C1CC2CCCC2N1. The van der Waals surface area contributed by atoms with Crippen LogP contribution in [0.25, 0.3) is 0 Å². The van der Waals surface area contributed by atoms with Crippen LogP contribution in [0.2, 0.25) is 0 Å². The molecule has 0 bridgehead atoms. The second-order valence-corrected chi connectivity index (χ2v) is 3.93. The van der Waals surface area contributed by atoms with Crippen LogP contribution < -0.4 is 5.32 Å². The van der Waals surface area contributed by atoms with Gasteiger partial charge in [0.1, 0.15) is 0 Å². The molecular formula is C8H12ClNO. The summed E-state index contributed by atoms with van der Waals surface area (Å²) in [5, 5.41) is 3.06. The molecule has 1 N–H and O–H groups in total. The summed E-state index contributed by atoms with van der Waals surface area (Å²) in [4.78, 5) is 10.8. The van der Waals surface area contributed by atoms with Crippen molar-refractivity contribution in [3.05, 3.63) is 0 Å². The minimum atomic E-state index is -0.209. The van der Waals surface area contributed by atoms with E-state index in [1.54, 1.807) is 0 Å². The van der Waals surface area contributed by atoms with Gasteiger partial charge < -0.3 is 5.32 Å². The number of carbonyl (C=O) groups is 1. The van der Waals surface area contributed by atoms with Crippen LogP contribution in [0.5, 0.6) is 0 Å². The summed E-state index contributed by atoms with van der Waals surface area (Å²) in [6.45, 7) is 0. The molecule has 2 rings (SSSR count). The third-order valence-corrected chi connectivity index (χ3v) is 3.15. The normalized spacial score (nSPS) is 42.5. The van der Waals surface area contributed by atoms with Gasteiger partial charge in [-0.2, -0.15) is 0 Å². The molecule has 11 heavy (non-hydrogen) atoms. The lowest BCUT2D eigenvalue weighted by Crippen LogP contribution is -2.32. The van der Waals surface area contributed by atoms with Crippen molar-refractivity contribution >= 4 is 16.8 Å². The van der Waals surface area contributed by atoms with E-state index in [4.69, 9.17) is 11.6 Å². The standard InChI is InChI=1S/C8H12ClNO/c9-8(11)7-4-5-2-1-3-6(5)10-7/h5-7,10H,1-4H2. The van der Waals surface area contributed by atoms with E-state index in [9.17, 15) is 4.79 Å². The first-order valence-electron chi connectivity index (χ1n) is 4.23. The minimum Gasteiger partial charge on any atom is -0.303 e. The Morgan fingerprint density at radius 2 is 2.27 bits per heavy atom. The van der Waals surface area contributed by atoms with Gasteiger partial charge in [0.2, 0.25) is 5.24 Å². The van der Waals surface area contributed by atoms with Crippen molar-refractivity contribution in [3.8, 4) is 0 Å². The first-order chi connectivity index (χ1) is 5.27. The Balaban J connectivity index is 1.99. The highest BCUT2D eigenvalue weighted by molar-refractivity contribution is 6.64. The molecule has 2 fully saturated rings. The number of halogens is 1. The van der Waals surface area contributed by atoms with Gasteiger partial charge in [0.25, 0.3) is 0 Å². The van der Waals surface area contributed by atoms with Gasteiger partial charge in [0.05, 0.1) is 6.04 Å². The molecule has 1 aliphatic carbocycles. The average Bonchev–Trinajstić information content (AvgIpc) is 2.40. The molecule has 0 spiro atoms. The van der Waals surface area contributed by atoms with Gasteiger partial charge in [-0.25, -0.2) is 0 Å². The monoisotopic (exact) mass is 173 g/mol. The summed E-state index contributed by atoms with van der Waals surface area (Å²) < 4.78 is 0. The first-order valence-corrected chi connectivity index (χ1v) is 4.60. The maximum atomic E-state index is 10.8. The molecule has 2 nitrogen and oxygen atoms in total. The van der Waals surface area contributed by atoms with Crippen molar-refractivity contribution in [1.82, 2.24) is 5.32 Å². The number of rotatable bonds is 1. The lowest BCUT2D eigenvalue weighted by molar-refractivity contribution is -0.113. The first kappa shape index (κ1) is 7.56. The van der Waals surface area contributed by atoms with E-state index in [0.29, 0.717) is 6.04 Å². The zero-order chi connectivity index (χ0) is 7.84. The molecular weight excluding hydrogens is 162 g/mol. The van der Waals surface area contributed by atoms with Gasteiger partial charge in [0, 0.05) is 6.04 Å². The van der Waals surface area contributed by atoms with E-state index >= 15 is 0 Å². The molecule has 2 aliphatic rings. The molecule has 62 valence electrons. The number of fused-ring (bicyclic) bond motifs is 1. The van der Waals surface area contributed by atoms with E-state index in [0.717, 1.165) is 12.3 Å². The molecule has 3 unspecified atom stereocenters.